The molecule has 0 aliphatic heterocycles. The molecule has 26 heavy (non-hydrogen) atoms. The Balaban J connectivity index is 2.24. The molecule has 2 aromatic rings. The largest absolute Gasteiger partial charge is 0.417 e. The van der Waals surface area contributed by atoms with Crippen molar-refractivity contribution in [3.63, 3.8) is 0 Å². The minimum Gasteiger partial charge on any atom is -0.325 e. The van der Waals surface area contributed by atoms with Crippen LogP contribution in [0.15, 0.2) is 42.5 Å². The number of anilines is 2. The molecule has 0 bridgehead atoms. The van der Waals surface area contributed by atoms with E-state index >= 15 is 0 Å². The highest BCUT2D eigenvalue weighted by atomic mass is 35.5. The minimum absolute atomic E-state index is 0.0615. The third kappa shape index (κ3) is 4.98. The summed E-state index contributed by atoms with van der Waals surface area (Å²) in [6.07, 6.45) is -4.67. The van der Waals surface area contributed by atoms with Crippen molar-refractivity contribution in [2.24, 2.45) is 0 Å². The molecular weight excluding hydrogens is 369 g/mol. The number of alkyl halides is 3. The molecule has 4 nitrogen and oxygen atoms in total. The van der Waals surface area contributed by atoms with Gasteiger partial charge in [-0.3, -0.25) is 9.59 Å². The van der Waals surface area contributed by atoms with E-state index in [4.69, 9.17) is 11.6 Å². The molecule has 0 saturated heterocycles. The summed E-state index contributed by atoms with van der Waals surface area (Å²) in [6.45, 7) is 2.59. The van der Waals surface area contributed by atoms with E-state index in [2.05, 4.69) is 5.32 Å². The lowest BCUT2D eigenvalue weighted by Gasteiger charge is -2.22. The van der Waals surface area contributed by atoms with Crippen molar-refractivity contribution in [3.8, 4) is 0 Å². The van der Waals surface area contributed by atoms with Gasteiger partial charge in [-0.1, -0.05) is 23.7 Å². The third-order valence-corrected chi connectivity index (χ3v) is 3.88. The van der Waals surface area contributed by atoms with Crippen LogP contribution >= 0.6 is 11.6 Å². The van der Waals surface area contributed by atoms with Gasteiger partial charge in [0.05, 0.1) is 10.6 Å². The molecule has 0 atom stereocenters. The van der Waals surface area contributed by atoms with Crippen LogP contribution in [0.25, 0.3) is 0 Å². The average molecular weight is 385 g/mol. The SMILES string of the molecule is CC(=O)N(CC(=O)Nc1cccc(C)c1)c1ccc(Cl)c(C(F)(F)F)c1. The number of carbonyl (C=O) groups is 2. The molecule has 0 aliphatic carbocycles. The van der Waals surface area contributed by atoms with Crippen molar-refractivity contribution in [2.45, 2.75) is 20.0 Å². The number of nitrogens with one attached hydrogen (secondary N) is 1. The minimum atomic E-state index is -4.67. The maximum Gasteiger partial charge on any atom is 0.417 e. The summed E-state index contributed by atoms with van der Waals surface area (Å²) < 4.78 is 39.0. The normalized spacial score (nSPS) is 11.2. The Hall–Kier alpha value is -2.54. The van der Waals surface area contributed by atoms with Crippen LogP contribution in [0.1, 0.15) is 18.1 Å². The number of nitrogens with zero attached hydrogens (tertiary/aromatic N) is 1. The van der Waals surface area contributed by atoms with Gasteiger partial charge in [-0.2, -0.15) is 13.2 Å². The molecule has 0 fully saturated rings. The Kier molecular flexibility index (Phi) is 5.92. The summed E-state index contributed by atoms with van der Waals surface area (Å²) in [4.78, 5) is 25.0. The summed E-state index contributed by atoms with van der Waals surface area (Å²) in [6, 6.07) is 10.1. The van der Waals surface area contributed by atoms with Crippen molar-refractivity contribution < 1.29 is 22.8 Å². The summed E-state index contributed by atoms with van der Waals surface area (Å²) in [5.41, 5.74) is 0.333. The lowest BCUT2D eigenvalue weighted by molar-refractivity contribution is -0.137. The second-order valence-electron chi connectivity index (χ2n) is 5.68. The van der Waals surface area contributed by atoms with Crippen molar-refractivity contribution >= 4 is 34.8 Å². The number of hydrogen-bond acceptors (Lipinski definition) is 2. The van der Waals surface area contributed by atoms with Gasteiger partial charge in [-0.25, -0.2) is 0 Å². The van der Waals surface area contributed by atoms with E-state index in [1.807, 2.05) is 13.0 Å². The average Bonchev–Trinajstić information content (AvgIpc) is 2.52. The van der Waals surface area contributed by atoms with E-state index in [1.165, 1.54) is 13.0 Å². The van der Waals surface area contributed by atoms with Gasteiger partial charge in [0, 0.05) is 18.3 Å². The molecule has 0 unspecified atom stereocenters. The molecule has 0 heterocycles. The zero-order chi connectivity index (χ0) is 19.5. The van der Waals surface area contributed by atoms with E-state index in [-0.39, 0.29) is 5.69 Å². The molecule has 0 radical (unpaired) electrons. The van der Waals surface area contributed by atoms with Crippen LogP contribution in [0.5, 0.6) is 0 Å². The molecule has 0 aliphatic rings. The highest BCUT2D eigenvalue weighted by Gasteiger charge is 2.34. The van der Waals surface area contributed by atoms with Gasteiger partial charge >= 0.3 is 6.18 Å². The zero-order valence-electron chi connectivity index (χ0n) is 14.0. The van der Waals surface area contributed by atoms with E-state index in [1.54, 1.807) is 18.2 Å². The predicted molar refractivity (Wildman–Crippen MR) is 94.3 cm³/mol. The van der Waals surface area contributed by atoms with E-state index in [0.717, 1.165) is 22.6 Å². The molecule has 0 saturated carbocycles. The first-order chi connectivity index (χ1) is 12.1. The second kappa shape index (κ2) is 7.78. The number of aryl methyl sites for hydroxylation is 1. The molecule has 1 N–H and O–H groups in total. The molecule has 2 rings (SSSR count). The van der Waals surface area contributed by atoms with Gasteiger partial charge in [0.15, 0.2) is 0 Å². The van der Waals surface area contributed by atoms with Crippen LogP contribution in [-0.4, -0.2) is 18.4 Å². The molecule has 8 heteroatoms. The fourth-order valence-corrected chi connectivity index (χ4v) is 2.57. The quantitative estimate of drug-likeness (QED) is 0.833. The summed E-state index contributed by atoms with van der Waals surface area (Å²) >= 11 is 5.59. The topological polar surface area (TPSA) is 49.4 Å². The summed E-state index contributed by atoms with van der Waals surface area (Å²) in [5, 5.41) is 2.14. The number of hydrogen-bond donors (Lipinski definition) is 1. The number of amides is 2. The molecule has 2 amide bonds. The van der Waals surface area contributed by atoms with Gasteiger partial charge in [-0.05, 0) is 42.8 Å². The molecule has 0 spiro atoms. The molecule has 138 valence electrons. The van der Waals surface area contributed by atoms with Gasteiger partial charge in [0.1, 0.15) is 6.54 Å². The van der Waals surface area contributed by atoms with Gasteiger partial charge in [0.2, 0.25) is 11.8 Å². The Morgan fingerprint density at radius 3 is 2.42 bits per heavy atom. The summed E-state index contributed by atoms with van der Waals surface area (Å²) in [5.74, 6) is -1.10. The zero-order valence-corrected chi connectivity index (χ0v) is 14.8. The molecule has 2 aromatic carbocycles. The number of halogens is 4. The number of carbonyl (C=O) groups excluding carboxylic acids is 2. The van der Waals surface area contributed by atoms with E-state index < -0.39 is 35.1 Å². The van der Waals surface area contributed by atoms with Crippen molar-refractivity contribution in [3.05, 3.63) is 58.6 Å². The Morgan fingerprint density at radius 2 is 1.85 bits per heavy atom. The van der Waals surface area contributed by atoms with Crippen LogP contribution in [0.3, 0.4) is 0 Å². The first-order valence-corrected chi connectivity index (χ1v) is 7.97. The second-order valence-corrected chi connectivity index (χ2v) is 6.09. The Bertz CT molecular complexity index is 837. The Morgan fingerprint density at radius 1 is 1.15 bits per heavy atom. The molecule has 0 aromatic heterocycles. The lowest BCUT2D eigenvalue weighted by atomic mass is 10.1. The van der Waals surface area contributed by atoms with Crippen LogP contribution in [0, 0.1) is 6.92 Å². The van der Waals surface area contributed by atoms with E-state index in [0.29, 0.717) is 5.69 Å². The van der Waals surface area contributed by atoms with Gasteiger partial charge < -0.3 is 10.2 Å². The third-order valence-electron chi connectivity index (χ3n) is 3.55. The maximum atomic E-state index is 13.0. The Labute approximate surface area is 153 Å². The fourth-order valence-electron chi connectivity index (χ4n) is 2.35. The number of benzene rings is 2. The first-order valence-electron chi connectivity index (χ1n) is 7.59. The highest BCUT2D eigenvalue weighted by molar-refractivity contribution is 6.31. The number of rotatable bonds is 4. The van der Waals surface area contributed by atoms with Gasteiger partial charge in [0.25, 0.3) is 0 Å². The van der Waals surface area contributed by atoms with Crippen molar-refractivity contribution in [1.29, 1.82) is 0 Å². The molecular formula is C18H16ClF3N2O2. The predicted octanol–water partition coefficient (Wildman–Crippen LogP) is 4.66. The fraction of sp³-hybridized carbons (Fsp3) is 0.222. The van der Waals surface area contributed by atoms with Gasteiger partial charge in [-0.15, -0.1) is 0 Å². The smallest absolute Gasteiger partial charge is 0.325 e. The van der Waals surface area contributed by atoms with Crippen LogP contribution in [0.4, 0.5) is 24.5 Å². The lowest BCUT2D eigenvalue weighted by Crippen LogP contribution is -2.36. The first kappa shape index (κ1) is 19.8. The van der Waals surface area contributed by atoms with Crippen molar-refractivity contribution in [1.82, 2.24) is 0 Å². The summed E-state index contributed by atoms with van der Waals surface area (Å²) in [7, 11) is 0. The van der Waals surface area contributed by atoms with Crippen LogP contribution in [0.2, 0.25) is 5.02 Å². The van der Waals surface area contributed by atoms with E-state index in [9.17, 15) is 22.8 Å². The van der Waals surface area contributed by atoms with Crippen LogP contribution < -0.4 is 10.2 Å². The monoisotopic (exact) mass is 384 g/mol. The standard InChI is InChI=1S/C18H16ClF3N2O2/c1-11-4-3-5-13(8-11)23-17(26)10-24(12(2)25)14-6-7-16(19)15(9-14)18(20,21)22/h3-9H,10H2,1-2H3,(H,23,26). The van der Waals surface area contributed by atoms with Crippen molar-refractivity contribution in [2.75, 3.05) is 16.8 Å². The van der Waals surface area contributed by atoms with Crippen LogP contribution in [-0.2, 0) is 15.8 Å². The highest BCUT2D eigenvalue weighted by Crippen LogP contribution is 2.37. The maximum absolute atomic E-state index is 13.0.